The van der Waals surface area contributed by atoms with Crippen LogP contribution in [0.25, 0.3) is 11.1 Å². The lowest BCUT2D eigenvalue weighted by Gasteiger charge is -2.04. The summed E-state index contributed by atoms with van der Waals surface area (Å²) in [6, 6.07) is 22.8. The summed E-state index contributed by atoms with van der Waals surface area (Å²) >= 11 is 0. The fourth-order valence-electron chi connectivity index (χ4n) is 2.42. The number of nitrogens with zero attached hydrogens (tertiary/aromatic N) is 2. The van der Waals surface area contributed by atoms with Crippen molar-refractivity contribution in [2.24, 2.45) is 0 Å². The number of nitriles is 1. The molecular weight excluding hydrogens is 298 g/mol. The molecule has 0 bridgehead atoms. The van der Waals surface area contributed by atoms with Gasteiger partial charge < -0.3 is 5.32 Å². The van der Waals surface area contributed by atoms with Crippen molar-refractivity contribution >= 4 is 11.6 Å². The molecule has 4 nitrogen and oxygen atoms in total. The number of carbonyl (C=O) groups excluding carboxylic acids is 1. The zero-order chi connectivity index (χ0) is 16.8. The van der Waals surface area contributed by atoms with Gasteiger partial charge in [0.1, 0.15) is 0 Å². The lowest BCUT2D eigenvalue weighted by molar-refractivity contribution is -0.683. The summed E-state index contributed by atoms with van der Waals surface area (Å²) in [6.07, 6.45) is 3.82. The smallest absolute Gasteiger partial charge is 0.290 e. The molecule has 2 aromatic carbocycles. The molecule has 3 rings (SSSR count). The molecular formula is C20H16N3O+. The van der Waals surface area contributed by atoms with Gasteiger partial charge in [0.15, 0.2) is 12.4 Å². The lowest BCUT2D eigenvalue weighted by atomic mass is 10.1. The normalized spacial score (nSPS) is 9.96. The van der Waals surface area contributed by atoms with Crippen molar-refractivity contribution < 1.29 is 9.36 Å². The highest BCUT2D eigenvalue weighted by Gasteiger charge is 2.11. The van der Waals surface area contributed by atoms with Crippen molar-refractivity contribution in [3.8, 4) is 17.2 Å². The molecule has 3 aromatic rings. The molecule has 116 valence electrons. The van der Waals surface area contributed by atoms with Gasteiger partial charge in [-0.1, -0.05) is 30.3 Å². The van der Waals surface area contributed by atoms with Gasteiger partial charge in [0.05, 0.1) is 11.6 Å². The highest BCUT2D eigenvalue weighted by atomic mass is 16.1. The van der Waals surface area contributed by atoms with E-state index in [1.54, 1.807) is 24.3 Å². The molecule has 1 amide bonds. The summed E-state index contributed by atoms with van der Waals surface area (Å²) in [5.74, 6) is -0.116. The van der Waals surface area contributed by atoms with Crippen LogP contribution in [0.4, 0.5) is 5.69 Å². The van der Waals surface area contributed by atoms with E-state index in [0.29, 0.717) is 11.3 Å². The standard InChI is InChI=1S/C20H15N3O/c21-13-16-8-10-19(11-9-16)22-20(24)15-23-12-4-7-18(14-23)17-5-2-1-3-6-17/h1-12,14H,15H2/p+1. The first-order chi connectivity index (χ1) is 11.7. The number of aromatic nitrogens is 1. The molecule has 0 unspecified atom stereocenters. The average Bonchev–Trinajstić information content (AvgIpc) is 2.63. The predicted octanol–water partition coefficient (Wildman–Crippen LogP) is 3.15. The van der Waals surface area contributed by atoms with Crippen LogP contribution in [0.15, 0.2) is 79.1 Å². The van der Waals surface area contributed by atoms with Crippen molar-refractivity contribution in [2.45, 2.75) is 6.54 Å². The molecule has 0 spiro atoms. The Morgan fingerprint density at radius 2 is 1.67 bits per heavy atom. The Bertz CT molecular complexity index is 881. The topological polar surface area (TPSA) is 56.8 Å². The SMILES string of the molecule is N#Cc1ccc(NC(=O)C[n+]2cccc(-c3ccccc3)c2)cc1. The largest absolute Gasteiger partial charge is 0.321 e. The fraction of sp³-hybridized carbons (Fsp3) is 0.0500. The van der Waals surface area contributed by atoms with E-state index in [2.05, 4.69) is 11.4 Å². The van der Waals surface area contributed by atoms with E-state index in [9.17, 15) is 4.79 Å². The second-order valence-electron chi connectivity index (χ2n) is 5.37. The molecule has 1 N–H and O–H groups in total. The molecule has 0 saturated carbocycles. The molecule has 0 radical (unpaired) electrons. The Hall–Kier alpha value is -3.45. The van der Waals surface area contributed by atoms with Crippen LogP contribution < -0.4 is 9.88 Å². The van der Waals surface area contributed by atoms with Gasteiger partial charge in [0, 0.05) is 17.3 Å². The monoisotopic (exact) mass is 314 g/mol. The maximum absolute atomic E-state index is 12.2. The summed E-state index contributed by atoms with van der Waals surface area (Å²) in [5, 5.41) is 11.6. The lowest BCUT2D eigenvalue weighted by Crippen LogP contribution is -2.39. The summed E-state index contributed by atoms with van der Waals surface area (Å²) < 4.78 is 1.85. The minimum absolute atomic E-state index is 0.116. The zero-order valence-electron chi connectivity index (χ0n) is 13.0. The van der Waals surface area contributed by atoms with E-state index in [1.165, 1.54) is 0 Å². The van der Waals surface area contributed by atoms with Crippen LogP contribution in [-0.2, 0) is 11.3 Å². The van der Waals surface area contributed by atoms with Crippen molar-refractivity contribution in [1.29, 1.82) is 5.26 Å². The van der Waals surface area contributed by atoms with Gasteiger partial charge in [-0.15, -0.1) is 0 Å². The maximum atomic E-state index is 12.2. The number of nitrogens with one attached hydrogen (secondary N) is 1. The fourth-order valence-corrected chi connectivity index (χ4v) is 2.42. The molecule has 1 aromatic heterocycles. The van der Waals surface area contributed by atoms with Crippen LogP contribution >= 0.6 is 0 Å². The third-order valence-corrected chi connectivity index (χ3v) is 3.59. The number of hydrogen-bond donors (Lipinski definition) is 1. The highest BCUT2D eigenvalue weighted by molar-refractivity contribution is 5.89. The Labute approximate surface area is 140 Å². The van der Waals surface area contributed by atoms with Crippen molar-refractivity contribution in [2.75, 3.05) is 5.32 Å². The van der Waals surface area contributed by atoms with Crippen LogP contribution in [0.1, 0.15) is 5.56 Å². The Kier molecular flexibility index (Phi) is 4.64. The Morgan fingerprint density at radius 3 is 2.38 bits per heavy atom. The number of anilines is 1. The summed E-state index contributed by atoms with van der Waals surface area (Å²) in [5.41, 5.74) is 3.42. The second-order valence-corrected chi connectivity index (χ2v) is 5.37. The molecule has 0 saturated heterocycles. The van der Waals surface area contributed by atoms with Crippen molar-refractivity contribution in [1.82, 2.24) is 0 Å². The minimum atomic E-state index is -0.116. The van der Waals surface area contributed by atoms with E-state index < -0.39 is 0 Å². The molecule has 24 heavy (non-hydrogen) atoms. The van der Waals surface area contributed by atoms with Gasteiger partial charge in [-0.2, -0.15) is 9.83 Å². The third kappa shape index (κ3) is 3.84. The van der Waals surface area contributed by atoms with Crippen LogP contribution in [0.5, 0.6) is 0 Å². The second kappa shape index (κ2) is 7.21. The van der Waals surface area contributed by atoms with E-state index in [-0.39, 0.29) is 12.5 Å². The van der Waals surface area contributed by atoms with Crippen molar-refractivity contribution in [3.63, 3.8) is 0 Å². The Morgan fingerprint density at radius 1 is 0.958 bits per heavy atom. The van der Waals surface area contributed by atoms with Crippen LogP contribution in [-0.4, -0.2) is 5.91 Å². The summed E-state index contributed by atoms with van der Waals surface area (Å²) in [7, 11) is 0. The molecule has 0 aliphatic carbocycles. The number of amides is 1. The van der Waals surface area contributed by atoms with Gasteiger partial charge in [0.25, 0.3) is 5.91 Å². The van der Waals surface area contributed by atoms with E-state index in [0.717, 1.165) is 11.1 Å². The molecule has 4 heteroatoms. The average molecular weight is 314 g/mol. The number of pyridine rings is 1. The number of benzene rings is 2. The van der Waals surface area contributed by atoms with Crippen molar-refractivity contribution in [3.05, 3.63) is 84.7 Å². The van der Waals surface area contributed by atoms with Gasteiger partial charge in [0.2, 0.25) is 6.54 Å². The third-order valence-electron chi connectivity index (χ3n) is 3.59. The molecule has 0 atom stereocenters. The van der Waals surface area contributed by atoms with Crippen LogP contribution in [0, 0.1) is 11.3 Å². The minimum Gasteiger partial charge on any atom is -0.321 e. The molecule has 0 aliphatic heterocycles. The Balaban J connectivity index is 1.69. The van der Waals surface area contributed by atoms with Gasteiger partial charge in [-0.3, -0.25) is 4.79 Å². The van der Waals surface area contributed by atoms with Gasteiger partial charge in [-0.25, -0.2) is 0 Å². The number of rotatable bonds is 4. The summed E-state index contributed by atoms with van der Waals surface area (Å²) in [6.45, 7) is 0.223. The van der Waals surface area contributed by atoms with Gasteiger partial charge >= 0.3 is 0 Å². The van der Waals surface area contributed by atoms with E-state index >= 15 is 0 Å². The van der Waals surface area contributed by atoms with Crippen LogP contribution in [0.2, 0.25) is 0 Å². The molecule has 1 heterocycles. The first-order valence-electron chi connectivity index (χ1n) is 7.59. The zero-order valence-corrected chi connectivity index (χ0v) is 13.0. The molecule has 0 aliphatic rings. The number of hydrogen-bond acceptors (Lipinski definition) is 2. The quantitative estimate of drug-likeness (QED) is 0.752. The van der Waals surface area contributed by atoms with Crippen LogP contribution in [0.3, 0.4) is 0 Å². The van der Waals surface area contributed by atoms with E-state index in [1.807, 2.05) is 59.4 Å². The maximum Gasteiger partial charge on any atom is 0.290 e. The highest BCUT2D eigenvalue weighted by Crippen LogP contribution is 2.16. The first kappa shape index (κ1) is 15.4. The van der Waals surface area contributed by atoms with Gasteiger partial charge in [-0.05, 0) is 35.9 Å². The number of carbonyl (C=O) groups is 1. The predicted molar refractivity (Wildman–Crippen MR) is 91.9 cm³/mol. The summed E-state index contributed by atoms with van der Waals surface area (Å²) in [4.78, 5) is 12.2. The van der Waals surface area contributed by atoms with E-state index in [4.69, 9.17) is 5.26 Å². The molecule has 0 fully saturated rings. The first-order valence-corrected chi connectivity index (χ1v) is 7.59.